The van der Waals surface area contributed by atoms with E-state index < -0.39 is 0 Å². The number of anilines is 2. The highest BCUT2D eigenvalue weighted by Gasteiger charge is 2.14. The average molecular weight is 210 g/mol. The quantitative estimate of drug-likeness (QED) is 0.748. The van der Waals surface area contributed by atoms with Gasteiger partial charge in [0.2, 0.25) is 0 Å². The summed E-state index contributed by atoms with van der Waals surface area (Å²) in [5, 5.41) is 3.20. The second kappa shape index (κ2) is 4.51. The van der Waals surface area contributed by atoms with Crippen molar-refractivity contribution in [2.75, 3.05) is 17.6 Å². The van der Waals surface area contributed by atoms with Crippen LogP contribution in [0.1, 0.15) is 27.2 Å². The summed E-state index contributed by atoms with van der Waals surface area (Å²) < 4.78 is 13.0. The predicted molar refractivity (Wildman–Crippen MR) is 63.4 cm³/mol. The van der Waals surface area contributed by atoms with Crippen molar-refractivity contribution >= 4 is 11.4 Å². The summed E-state index contributed by atoms with van der Waals surface area (Å²) in [5.74, 6) is -0.299. The number of benzene rings is 1. The smallest absolute Gasteiger partial charge is 0.127 e. The second-order valence-electron chi connectivity index (χ2n) is 4.64. The van der Waals surface area contributed by atoms with E-state index in [9.17, 15) is 4.39 Å². The molecule has 0 saturated heterocycles. The molecule has 3 heteroatoms. The number of hydrogen-bond acceptors (Lipinski definition) is 2. The Balaban J connectivity index is 2.65. The molecule has 84 valence electrons. The van der Waals surface area contributed by atoms with Gasteiger partial charge in [0, 0.05) is 17.9 Å². The van der Waals surface area contributed by atoms with Crippen molar-refractivity contribution in [1.29, 1.82) is 0 Å². The highest BCUT2D eigenvalue weighted by Crippen LogP contribution is 2.22. The highest BCUT2D eigenvalue weighted by molar-refractivity contribution is 5.54. The number of nitrogens with two attached hydrogens (primary N) is 1. The maximum absolute atomic E-state index is 13.0. The molecule has 0 aliphatic carbocycles. The number of halogens is 1. The van der Waals surface area contributed by atoms with E-state index >= 15 is 0 Å². The molecule has 0 aliphatic heterocycles. The molecular weight excluding hydrogens is 191 g/mol. The van der Waals surface area contributed by atoms with Gasteiger partial charge in [-0.15, -0.1) is 0 Å². The minimum atomic E-state index is -0.299. The average Bonchev–Trinajstić information content (AvgIpc) is 2.14. The van der Waals surface area contributed by atoms with Crippen molar-refractivity contribution in [3.05, 3.63) is 24.0 Å². The van der Waals surface area contributed by atoms with Gasteiger partial charge in [0.1, 0.15) is 5.82 Å². The lowest BCUT2D eigenvalue weighted by Crippen LogP contribution is -2.22. The Bertz CT molecular complexity index is 314. The summed E-state index contributed by atoms with van der Waals surface area (Å²) in [7, 11) is 0. The topological polar surface area (TPSA) is 38.0 Å². The van der Waals surface area contributed by atoms with E-state index in [-0.39, 0.29) is 11.2 Å². The highest BCUT2D eigenvalue weighted by atomic mass is 19.1. The van der Waals surface area contributed by atoms with Crippen LogP contribution in [0.4, 0.5) is 15.8 Å². The molecule has 0 heterocycles. The SMILES string of the molecule is CCC(C)(C)CNc1cc(N)cc(F)c1. The number of rotatable bonds is 4. The Morgan fingerprint density at radius 3 is 2.53 bits per heavy atom. The first-order valence-corrected chi connectivity index (χ1v) is 5.23. The van der Waals surface area contributed by atoms with Crippen LogP contribution in [-0.4, -0.2) is 6.54 Å². The molecule has 3 N–H and O–H groups in total. The van der Waals surface area contributed by atoms with E-state index in [1.165, 1.54) is 12.1 Å². The van der Waals surface area contributed by atoms with E-state index in [2.05, 4.69) is 26.1 Å². The standard InChI is InChI=1S/C12H19FN2/c1-4-12(2,3)8-15-11-6-9(13)5-10(14)7-11/h5-7,15H,4,8,14H2,1-3H3. The first-order valence-electron chi connectivity index (χ1n) is 5.23. The summed E-state index contributed by atoms with van der Waals surface area (Å²) in [6.07, 6.45) is 1.07. The second-order valence-corrected chi connectivity index (χ2v) is 4.64. The van der Waals surface area contributed by atoms with Crippen molar-refractivity contribution in [1.82, 2.24) is 0 Å². The van der Waals surface area contributed by atoms with E-state index in [0.717, 1.165) is 18.7 Å². The van der Waals surface area contributed by atoms with Gasteiger partial charge in [-0.1, -0.05) is 20.8 Å². The molecule has 0 spiro atoms. The monoisotopic (exact) mass is 210 g/mol. The van der Waals surface area contributed by atoms with Gasteiger partial charge in [0.25, 0.3) is 0 Å². The molecule has 1 rings (SSSR count). The Morgan fingerprint density at radius 2 is 2.00 bits per heavy atom. The van der Waals surface area contributed by atoms with Crippen molar-refractivity contribution < 1.29 is 4.39 Å². The Kier molecular flexibility index (Phi) is 3.56. The van der Waals surface area contributed by atoms with E-state index in [0.29, 0.717) is 5.69 Å². The third kappa shape index (κ3) is 3.78. The molecule has 1 aromatic rings. The van der Waals surface area contributed by atoms with Gasteiger partial charge < -0.3 is 11.1 Å². The lowest BCUT2D eigenvalue weighted by molar-refractivity contribution is 0.377. The third-order valence-electron chi connectivity index (χ3n) is 2.65. The van der Waals surface area contributed by atoms with Crippen LogP contribution in [0.5, 0.6) is 0 Å². The first kappa shape index (κ1) is 11.8. The van der Waals surface area contributed by atoms with E-state index in [4.69, 9.17) is 5.73 Å². The Labute approximate surface area is 90.7 Å². The van der Waals surface area contributed by atoms with Crippen molar-refractivity contribution in [3.63, 3.8) is 0 Å². The molecule has 0 atom stereocenters. The molecule has 0 aromatic heterocycles. The summed E-state index contributed by atoms with van der Waals surface area (Å²) in [6, 6.07) is 4.52. The zero-order valence-electron chi connectivity index (χ0n) is 9.60. The molecule has 15 heavy (non-hydrogen) atoms. The first-order chi connectivity index (χ1) is 6.93. The molecule has 0 unspecified atom stereocenters. The van der Waals surface area contributed by atoms with Gasteiger partial charge >= 0.3 is 0 Å². The van der Waals surface area contributed by atoms with Gasteiger partial charge in [0.05, 0.1) is 0 Å². The van der Waals surface area contributed by atoms with Crippen LogP contribution in [-0.2, 0) is 0 Å². The van der Waals surface area contributed by atoms with Crippen LogP contribution in [0.25, 0.3) is 0 Å². The molecule has 0 bridgehead atoms. The maximum atomic E-state index is 13.0. The van der Waals surface area contributed by atoms with E-state index in [1.807, 2.05) is 0 Å². The van der Waals surface area contributed by atoms with Gasteiger partial charge in [0.15, 0.2) is 0 Å². The van der Waals surface area contributed by atoms with Crippen LogP contribution in [0.3, 0.4) is 0 Å². The van der Waals surface area contributed by atoms with Crippen LogP contribution in [0.2, 0.25) is 0 Å². The third-order valence-corrected chi connectivity index (χ3v) is 2.65. The molecule has 1 aromatic carbocycles. The molecule has 0 aliphatic rings. The van der Waals surface area contributed by atoms with Crippen LogP contribution >= 0.6 is 0 Å². The molecule has 0 fully saturated rings. The Hall–Kier alpha value is -1.25. The number of nitrogen functional groups attached to an aromatic ring is 1. The zero-order chi connectivity index (χ0) is 11.5. The van der Waals surface area contributed by atoms with Gasteiger partial charge in [-0.2, -0.15) is 0 Å². The molecule has 0 amide bonds. The zero-order valence-corrected chi connectivity index (χ0v) is 9.60. The van der Waals surface area contributed by atoms with Crippen LogP contribution < -0.4 is 11.1 Å². The fourth-order valence-corrected chi connectivity index (χ4v) is 1.18. The lowest BCUT2D eigenvalue weighted by Gasteiger charge is -2.23. The predicted octanol–water partition coefficient (Wildman–Crippen LogP) is 3.26. The van der Waals surface area contributed by atoms with Crippen LogP contribution in [0.15, 0.2) is 18.2 Å². The molecule has 0 radical (unpaired) electrons. The summed E-state index contributed by atoms with van der Waals surface area (Å²) in [4.78, 5) is 0. The van der Waals surface area contributed by atoms with Crippen molar-refractivity contribution in [2.24, 2.45) is 5.41 Å². The number of hydrogen-bond donors (Lipinski definition) is 2. The fraction of sp³-hybridized carbons (Fsp3) is 0.500. The van der Waals surface area contributed by atoms with Crippen molar-refractivity contribution in [3.8, 4) is 0 Å². The normalized spacial score (nSPS) is 11.5. The minimum absolute atomic E-state index is 0.209. The Morgan fingerprint density at radius 1 is 1.33 bits per heavy atom. The molecule has 0 saturated carbocycles. The fourth-order valence-electron chi connectivity index (χ4n) is 1.18. The lowest BCUT2D eigenvalue weighted by atomic mass is 9.90. The maximum Gasteiger partial charge on any atom is 0.127 e. The van der Waals surface area contributed by atoms with E-state index in [1.54, 1.807) is 6.07 Å². The van der Waals surface area contributed by atoms with Gasteiger partial charge in [-0.3, -0.25) is 0 Å². The summed E-state index contributed by atoms with van der Waals surface area (Å²) in [5.41, 5.74) is 6.96. The van der Waals surface area contributed by atoms with Gasteiger partial charge in [-0.05, 0) is 30.0 Å². The largest absolute Gasteiger partial charge is 0.399 e. The number of nitrogens with one attached hydrogen (secondary N) is 1. The molecule has 2 nitrogen and oxygen atoms in total. The van der Waals surface area contributed by atoms with Crippen LogP contribution in [0, 0.1) is 11.2 Å². The molecular formula is C12H19FN2. The summed E-state index contributed by atoms with van der Waals surface area (Å²) in [6.45, 7) is 7.29. The van der Waals surface area contributed by atoms with Gasteiger partial charge in [-0.25, -0.2) is 4.39 Å². The summed E-state index contributed by atoms with van der Waals surface area (Å²) >= 11 is 0. The van der Waals surface area contributed by atoms with Crippen molar-refractivity contribution in [2.45, 2.75) is 27.2 Å². The minimum Gasteiger partial charge on any atom is -0.399 e.